The number of nitrogens with zero attached hydrogens (tertiary/aromatic N) is 4. The standard InChI is InChI=1S/C17H23N5O3.ClH/c1-14-19-16(22(24)25)13-21(14)11-8-17(23)20(12-9-18)10-7-15-5-3-2-4-6-15;/h2-6,13H,7-12,18H2,1H3;1H. The van der Waals surface area contributed by atoms with Crippen molar-refractivity contribution < 1.29 is 9.72 Å². The Morgan fingerprint density at radius 1 is 1.31 bits per heavy atom. The third-order valence-corrected chi connectivity index (χ3v) is 3.98. The maximum Gasteiger partial charge on any atom is 0.381 e. The number of amides is 1. The Kier molecular flexibility index (Phi) is 8.74. The molecule has 1 amide bonds. The highest BCUT2D eigenvalue weighted by Crippen LogP contribution is 2.11. The minimum absolute atomic E-state index is 0. The number of aromatic nitrogens is 2. The molecule has 9 heteroatoms. The lowest BCUT2D eigenvalue weighted by Crippen LogP contribution is -2.37. The van der Waals surface area contributed by atoms with E-state index >= 15 is 0 Å². The number of carbonyl (C=O) groups is 1. The maximum atomic E-state index is 12.5. The van der Waals surface area contributed by atoms with Gasteiger partial charge in [-0.3, -0.25) is 4.79 Å². The van der Waals surface area contributed by atoms with Gasteiger partial charge in [-0.05, 0) is 21.9 Å². The van der Waals surface area contributed by atoms with Gasteiger partial charge in [0.25, 0.3) is 0 Å². The zero-order chi connectivity index (χ0) is 18.2. The number of carbonyl (C=O) groups excluding carboxylic acids is 1. The monoisotopic (exact) mass is 381 g/mol. The molecule has 0 radical (unpaired) electrons. The van der Waals surface area contributed by atoms with E-state index in [4.69, 9.17) is 5.73 Å². The van der Waals surface area contributed by atoms with Crippen LogP contribution < -0.4 is 5.73 Å². The second-order valence-corrected chi connectivity index (χ2v) is 5.75. The molecule has 0 aliphatic rings. The normalized spacial score (nSPS) is 10.2. The van der Waals surface area contributed by atoms with Crippen molar-refractivity contribution in [1.29, 1.82) is 0 Å². The number of hydrogen-bond acceptors (Lipinski definition) is 5. The van der Waals surface area contributed by atoms with Gasteiger partial charge in [0.05, 0.1) is 0 Å². The van der Waals surface area contributed by atoms with Crippen LogP contribution in [0.3, 0.4) is 0 Å². The van der Waals surface area contributed by atoms with Crippen LogP contribution in [0.4, 0.5) is 5.82 Å². The van der Waals surface area contributed by atoms with E-state index in [0.717, 1.165) is 6.42 Å². The van der Waals surface area contributed by atoms with Crippen molar-refractivity contribution in [2.75, 3.05) is 19.6 Å². The smallest absolute Gasteiger partial charge is 0.358 e. The largest absolute Gasteiger partial charge is 0.381 e. The number of imidazole rings is 1. The number of aryl methyl sites for hydroxylation is 2. The summed E-state index contributed by atoms with van der Waals surface area (Å²) in [6, 6.07) is 9.95. The first-order valence-electron chi connectivity index (χ1n) is 8.21. The third kappa shape index (κ3) is 6.12. The molecule has 0 aliphatic heterocycles. The Balaban J connectivity index is 0.00000338. The second kappa shape index (κ2) is 10.5. The minimum Gasteiger partial charge on any atom is -0.358 e. The van der Waals surface area contributed by atoms with Crippen molar-refractivity contribution in [3.63, 3.8) is 0 Å². The summed E-state index contributed by atoms with van der Waals surface area (Å²) in [6.07, 6.45) is 2.38. The molecule has 8 nitrogen and oxygen atoms in total. The fraction of sp³-hybridized carbons (Fsp3) is 0.412. The van der Waals surface area contributed by atoms with Crippen LogP contribution in [0.1, 0.15) is 17.8 Å². The van der Waals surface area contributed by atoms with Gasteiger partial charge in [0.1, 0.15) is 6.20 Å². The highest BCUT2D eigenvalue weighted by Gasteiger charge is 2.17. The van der Waals surface area contributed by atoms with Crippen molar-refractivity contribution in [2.24, 2.45) is 5.73 Å². The van der Waals surface area contributed by atoms with Crippen LogP contribution in [0.5, 0.6) is 0 Å². The molecule has 0 fully saturated rings. The predicted molar refractivity (Wildman–Crippen MR) is 101 cm³/mol. The van der Waals surface area contributed by atoms with Gasteiger partial charge in [-0.1, -0.05) is 30.3 Å². The van der Waals surface area contributed by atoms with E-state index in [1.165, 1.54) is 11.8 Å². The molecule has 0 spiro atoms. The molecule has 0 atom stereocenters. The Morgan fingerprint density at radius 3 is 2.58 bits per heavy atom. The molecule has 1 aromatic heterocycles. The summed E-state index contributed by atoms with van der Waals surface area (Å²) in [6.45, 7) is 3.54. The van der Waals surface area contributed by atoms with Gasteiger partial charge in [0.15, 0.2) is 0 Å². The summed E-state index contributed by atoms with van der Waals surface area (Å²) in [5.74, 6) is 0.305. The summed E-state index contributed by atoms with van der Waals surface area (Å²) >= 11 is 0. The summed E-state index contributed by atoms with van der Waals surface area (Å²) < 4.78 is 1.63. The van der Waals surface area contributed by atoms with E-state index in [2.05, 4.69) is 4.98 Å². The number of hydrogen-bond donors (Lipinski definition) is 1. The van der Waals surface area contributed by atoms with Crippen LogP contribution in [-0.4, -0.2) is 44.9 Å². The molecule has 142 valence electrons. The first-order chi connectivity index (χ1) is 12.0. The first kappa shape index (κ1) is 21.6. The average molecular weight is 382 g/mol. The van der Waals surface area contributed by atoms with Crippen molar-refractivity contribution in [3.05, 3.63) is 58.0 Å². The molecule has 0 bridgehead atoms. The molecule has 0 saturated carbocycles. The van der Waals surface area contributed by atoms with Gasteiger partial charge in [-0.25, -0.2) is 0 Å². The number of nitro groups is 1. The number of nitrogens with two attached hydrogens (primary N) is 1. The number of rotatable bonds is 9. The number of halogens is 1. The fourth-order valence-corrected chi connectivity index (χ4v) is 2.61. The molecule has 0 aliphatic carbocycles. The van der Waals surface area contributed by atoms with Gasteiger partial charge < -0.3 is 25.3 Å². The molecule has 26 heavy (non-hydrogen) atoms. The Morgan fingerprint density at radius 2 is 2.00 bits per heavy atom. The number of benzene rings is 1. The maximum absolute atomic E-state index is 12.5. The quantitative estimate of drug-likeness (QED) is 0.527. The summed E-state index contributed by atoms with van der Waals surface area (Å²) in [4.78, 5) is 28.3. The van der Waals surface area contributed by atoms with Crippen molar-refractivity contribution in [1.82, 2.24) is 14.5 Å². The topological polar surface area (TPSA) is 107 Å². The molecule has 2 rings (SSSR count). The third-order valence-electron chi connectivity index (χ3n) is 3.98. The van der Waals surface area contributed by atoms with Crippen molar-refractivity contribution >= 4 is 24.1 Å². The van der Waals surface area contributed by atoms with Crippen LogP contribution in [0.15, 0.2) is 36.5 Å². The molecule has 2 aromatic rings. The highest BCUT2D eigenvalue weighted by molar-refractivity contribution is 5.85. The van der Waals surface area contributed by atoms with E-state index in [-0.39, 0.29) is 30.6 Å². The van der Waals surface area contributed by atoms with E-state index in [9.17, 15) is 14.9 Å². The molecule has 1 aromatic carbocycles. The van der Waals surface area contributed by atoms with Gasteiger partial charge >= 0.3 is 5.82 Å². The fourth-order valence-electron chi connectivity index (χ4n) is 2.61. The van der Waals surface area contributed by atoms with Crippen LogP contribution in [0.25, 0.3) is 0 Å². The van der Waals surface area contributed by atoms with Crippen molar-refractivity contribution in [2.45, 2.75) is 26.3 Å². The van der Waals surface area contributed by atoms with Crippen LogP contribution in [-0.2, 0) is 17.8 Å². The van der Waals surface area contributed by atoms with Gasteiger partial charge in [0, 0.05) is 39.5 Å². The lowest BCUT2D eigenvalue weighted by atomic mass is 10.1. The molecule has 0 unspecified atom stereocenters. The zero-order valence-corrected chi connectivity index (χ0v) is 15.5. The van der Waals surface area contributed by atoms with Crippen LogP contribution in [0.2, 0.25) is 0 Å². The molecule has 0 saturated heterocycles. The Labute approximate surface area is 158 Å². The lowest BCUT2D eigenvalue weighted by Gasteiger charge is -2.22. The van der Waals surface area contributed by atoms with Gasteiger partial charge in [-0.2, -0.15) is 0 Å². The second-order valence-electron chi connectivity index (χ2n) is 5.75. The Bertz CT molecular complexity index is 720. The van der Waals surface area contributed by atoms with Crippen LogP contribution >= 0.6 is 12.4 Å². The minimum atomic E-state index is -0.536. The Hall–Kier alpha value is -2.45. The van der Waals surface area contributed by atoms with E-state index < -0.39 is 4.92 Å². The van der Waals surface area contributed by atoms with E-state index in [1.807, 2.05) is 30.3 Å². The summed E-state index contributed by atoms with van der Waals surface area (Å²) in [5, 5.41) is 10.8. The average Bonchev–Trinajstić information content (AvgIpc) is 2.98. The van der Waals surface area contributed by atoms with Crippen LogP contribution in [0, 0.1) is 17.0 Å². The molecular formula is C17H24ClN5O3. The molecule has 1 heterocycles. The first-order valence-corrected chi connectivity index (χ1v) is 8.21. The van der Waals surface area contributed by atoms with Crippen molar-refractivity contribution in [3.8, 4) is 0 Å². The SMILES string of the molecule is Cc1nc([N+](=O)[O-])cn1CCC(=O)N(CCN)CCc1ccccc1.Cl. The molecule has 2 N–H and O–H groups in total. The van der Waals surface area contributed by atoms with Gasteiger partial charge in [-0.15, -0.1) is 12.4 Å². The zero-order valence-electron chi connectivity index (χ0n) is 14.7. The van der Waals surface area contributed by atoms with Gasteiger partial charge in [0.2, 0.25) is 11.7 Å². The van der Waals surface area contributed by atoms with E-state index in [1.54, 1.807) is 16.4 Å². The predicted octanol–water partition coefficient (Wildman–Crippen LogP) is 1.94. The molecular weight excluding hydrogens is 358 g/mol. The summed E-state index contributed by atoms with van der Waals surface area (Å²) in [7, 11) is 0. The van der Waals surface area contributed by atoms with E-state index in [0.29, 0.717) is 32.0 Å². The summed E-state index contributed by atoms with van der Waals surface area (Å²) in [5.41, 5.74) is 6.79. The highest BCUT2D eigenvalue weighted by atomic mass is 35.5. The lowest BCUT2D eigenvalue weighted by molar-refractivity contribution is -0.389.